The van der Waals surface area contributed by atoms with E-state index < -0.39 is 22.7 Å². The number of halogens is 3. The molecule has 0 spiro atoms. The van der Waals surface area contributed by atoms with Gasteiger partial charge in [-0.2, -0.15) is 13.2 Å². The molecule has 1 aliphatic heterocycles. The van der Waals surface area contributed by atoms with Crippen LogP contribution in [0, 0.1) is 5.92 Å². The minimum atomic E-state index is -4.51. The van der Waals surface area contributed by atoms with Crippen molar-refractivity contribution in [3.8, 4) is 0 Å². The van der Waals surface area contributed by atoms with Crippen LogP contribution >= 0.6 is 0 Å². The summed E-state index contributed by atoms with van der Waals surface area (Å²) >= 11 is 0. The number of hydrogen-bond donors (Lipinski definition) is 0. The Morgan fingerprint density at radius 1 is 1.17 bits per heavy atom. The Hall–Kier alpha value is -2.42. The van der Waals surface area contributed by atoms with E-state index in [0.29, 0.717) is 13.1 Å². The predicted molar refractivity (Wildman–Crippen MR) is 106 cm³/mol. The first-order valence-electron chi connectivity index (χ1n) is 9.30. The van der Waals surface area contributed by atoms with E-state index in [4.69, 9.17) is 0 Å². The minimum Gasteiger partial charge on any atom is -0.341 e. The third kappa shape index (κ3) is 3.52. The van der Waals surface area contributed by atoms with Crippen LogP contribution < -0.4 is 4.90 Å². The molecule has 9 heteroatoms. The highest BCUT2D eigenvalue weighted by molar-refractivity contribution is 7.84. The molecule has 1 unspecified atom stereocenters. The Balaban J connectivity index is 1.82. The van der Waals surface area contributed by atoms with Crippen molar-refractivity contribution in [1.29, 1.82) is 0 Å². The van der Waals surface area contributed by atoms with Crippen LogP contribution in [0.25, 0.3) is 10.9 Å². The van der Waals surface area contributed by atoms with E-state index in [-0.39, 0.29) is 17.9 Å². The first-order valence-corrected chi connectivity index (χ1v) is 10.9. The van der Waals surface area contributed by atoms with E-state index in [1.807, 2.05) is 36.9 Å². The molecule has 1 aromatic carbocycles. The average molecular weight is 422 g/mol. The van der Waals surface area contributed by atoms with Gasteiger partial charge < -0.3 is 9.47 Å². The summed E-state index contributed by atoms with van der Waals surface area (Å²) in [6, 6.07) is 8.50. The van der Waals surface area contributed by atoms with Gasteiger partial charge in [-0.1, -0.05) is 19.9 Å². The molecule has 0 N–H and O–H groups in total. The second-order valence-electron chi connectivity index (χ2n) is 7.52. The van der Waals surface area contributed by atoms with Crippen molar-refractivity contribution in [3.05, 3.63) is 47.9 Å². The Morgan fingerprint density at radius 2 is 1.93 bits per heavy atom. The molecule has 0 fully saturated rings. The molecule has 0 aliphatic carbocycles. The first-order chi connectivity index (χ1) is 13.7. The lowest BCUT2D eigenvalue weighted by Gasteiger charge is -2.39. The Bertz CT molecular complexity index is 1090. The lowest BCUT2D eigenvalue weighted by atomic mass is 9.97. The van der Waals surface area contributed by atoms with Crippen molar-refractivity contribution >= 4 is 27.7 Å². The molecule has 2 atom stereocenters. The van der Waals surface area contributed by atoms with E-state index in [2.05, 4.69) is 20.6 Å². The molecule has 3 aromatic rings. The van der Waals surface area contributed by atoms with Gasteiger partial charge in [-0.05, 0) is 30.2 Å². The van der Waals surface area contributed by atoms with Gasteiger partial charge in [0.25, 0.3) is 0 Å². The highest BCUT2D eigenvalue weighted by Crippen LogP contribution is 2.39. The van der Waals surface area contributed by atoms with Crippen LogP contribution in [0.15, 0.2) is 41.4 Å². The van der Waals surface area contributed by atoms with Gasteiger partial charge >= 0.3 is 6.18 Å². The van der Waals surface area contributed by atoms with E-state index in [1.54, 1.807) is 6.26 Å². The van der Waals surface area contributed by atoms with Gasteiger partial charge in [0.15, 0.2) is 0 Å². The second-order valence-corrected chi connectivity index (χ2v) is 8.90. The molecule has 1 aliphatic rings. The molecule has 3 heterocycles. The van der Waals surface area contributed by atoms with E-state index in [0.717, 1.165) is 33.8 Å². The van der Waals surface area contributed by atoms with Crippen LogP contribution in [0.4, 0.5) is 19.1 Å². The SMILES string of the molecule is CC(C)[C@@H]1c2cc3ccc(S(C)=O)cc3n2CCN1c1nccc(C(F)(F)F)n1. The Labute approximate surface area is 169 Å². The van der Waals surface area contributed by atoms with Gasteiger partial charge in [0, 0.05) is 57.8 Å². The summed E-state index contributed by atoms with van der Waals surface area (Å²) in [7, 11) is -1.09. The summed E-state index contributed by atoms with van der Waals surface area (Å²) in [6.07, 6.45) is -1.71. The molecule has 0 saturated carbocycles. The minimum absolute atomic E-state index is 0.0883. The fourth-order valence-corrected chi connectivity index (χ4v) is 4.54. The van der Waals surface area contributed by atoms with Gasteiger partial charge in [0.2, 0.25) is 5.95 Å². The van der Waals surface area contributed by atoms with Crippen LogP contribution in [0.2, 0.25) is 0 Å². The molecule has 0 saturated heterocycles. The van der Waals surface area contributed by atoms with E-state index in [9.17, 15) is 17.4 Å². The monoisotopic (exact) mass is 422 g/mol. The molecule has 2 aromatic heterocycles. The maximum Gasteiger partial charge on any atom is 0.433 e. The van der Waals surface area contributed by atoms with Gasteiger partial charge in [0.1, 0.15) is 5.69 Å². The molecule has 4 rings (SSSR count). The number of benzene rings is 1. The van der Waals surface area contributed by atoms with Crippen LogP contribution in [0.3, 0.4) is 0 Å². The molecule has 0 bridgehead atoms. The molecule has 5 nitrogen and oxygen atoms in total. The Kier molecular flexibility index (Phi) is 4.88. The lowest BCUT2D eigenvalue weighted by molar-refractivity contribution is -0.141. The summed E-state index contributed by atoms with van der Waals surface area (Å²) in [5, 5.41) is 1.02. The molecule has 0 radical (unpaired) electrons. The third-order valence-corrected chi connectivity index (χ3v) is 6.18. The smallest absolute Gasteiger partial charge is 0.341 e. The zero-order chi connectivity index (χ0) is 20.9. The van der Waals surface area contributed by atoms with Gasteiger partial charge in [-0.25, -0.2) is 9.97 Å². The Morgan fingerprint density at radius 3 is 2.59 bits per heavy atom. The van der Waals surface area contributed by atoms with Gasteiger partial charge in [-0.3, -0.25) is 4.21 Å². The van der Waals surface area contributed by atoms with E-state index in [1.165, 1.54) is 0 Å². The van der Waals surface area contributed by atoms with E-state index >= 15 is 0 Å². The normalized spacial score (nSPS) is 18.3. The van der Waals surface area contributed by atoms with Crippen LogP contribution in [-0.4, -0.2) is 31.5 Å². The summed E-state index contributed by atoms with van der Waals surface area (Å²) in [4.78, 5) is 10.6. The zero-order valence-corrected chi connectivity index (χ0v) is 17.1. The van der Waals surface area contributed by atoms with Gasteiger partial charge in [-0.15, -0.1) is 0 Å². The van der Waals surface area contributed by atoms with Crippen LogP contribution in [-0.2, 0) is 23.5 Å². The lowest BCUT2D eigenvalue weighted by Crippen LogP contribution is -2.41. The number of anilines is 1. The highest BCUT2D eigenvalue weighted by Gasteiger charge is 2.36. The largest absolute Gasteiger partial charge is 0.433 e. The number of rotatable bonds is 3. The van der Waals surface area contributed by atoms with Crippen LogP contribution in [0.1, 0.15) is 31.3 Å². The zero-order valence-electron chi connectivity index (χ0n) is 16.3. The van der Waals surface area contributed by atoms with Crippen molar-refractivity contribution in [2.24, 2.45) is 5.92 Å². The van der Waals surface area contributed by atoms with Crippen molar-refractivity contribution in [1.82, 2.24) is 14.5 Å². The maximum atomic E-state index is 13.1. The molecular weight excluding hydrogens is 401 g/mol. The number of aromatic nitrogens is 3. The summed E-state index contributed by atoms with van der Waals surface area (Å²) in [6.45, 7) is 5.14. The summed E-state index contributed by atoms with van der Waals surface area (Å²) in [5.74, 6) is 0.210. The van der Waals surface area contributed by atoms with Crippen molar-refractivity contribution < 1.29 is 17.4 Å². The van der Waals surface area contributed by atoms with Gasteiger partial charge in [0.05, 0.1) is 6.04 Å². The van der Waals surface area contributed by atoms with Crippen molar-refractivity contribution in [3.63, 3.8) is 0 Å². The molecule has 0 amide bonds. The van der Waals surface area contributed by atoms with Crippen LogP contribution in [0.5, 0.6) is 0 Å². The number of hydrogen-bond acceptors (Lipinski definition) is 4. The highest BCUT2D eigenvalue weighted by atomic mass is 32.2. The second kappa shape index (κ2) is 7.12. The summed E-state index contributed by atoms with van der Waals surface area (Å²) < 4.78 is 53.5. The van der Waals surface area contributed by atoms with Crippen molar-refractivity contribution in [2.45, 2.75) is 37.5 Å². The van der Waals surface area contributed by atoms with Crippen molar-refractivity contribution in [2.75, 3.05) is 17.7 Å². The number of alkyl halides is 3. The maximum absolute atomic E-state index is 13.1. The quantitative estimate of drug-likeness (QED) is 0.628. The summed E-state index contributed by atoms with van der Waals surface area (Å²) in [5.41, 5.74) is 1.05. The fourth-order valence-electron chi connectivity index (χ4n) is 4.01. The number of nitrogens with zero attached hydrogens (tertiary/aromatic N) is 4. The average Bonchev–Trinajstić information content (AvgIpc) is 3.04. The standard InChI is InChI=1S/C20H21F3N4OS/c1-12(2)18-16-10-13-4-5-14(29(3)28)11-15(13)26(16)8-9-27(18)19-24-7-6-17(25-19)20(21,22)23/h4-7,10-12,18H,8-9H2,1-3H3/t18-,29?/m1/s1. The topological polar surface area (TPSA) is 51.0 Å². The number of fused-ring (bicyclic) bond motifs is 3. The molecular formula is C20H21F3N4OS. The fraction of sp³-hybridized carbons (Fsp3) is 0.400. The molecule has 29 heavy (non-hydrogen) atoms. The molecule has 154 valence electrons. The third-order valence-electron chi connectivity index (χ3n) is 5.26. The predicted octanol–water partition coefficient (Wildman–Crippen LogP) is 4.40. The first kappa shape index (κ1) is 19.9.